The van der Waals surface area contributed by atoms with Crippen molar-refractivity contribution in [1.29, 1.82) is 0 Å². The number of rotatable bonds is 8. The van der Waals surface area contributed by atoms with Crippen LogP contribution in [0.15, 0.2) is 30.3 Å². The second-order valence-electron chi connectivity index (χ2n) is 7.09. The van der Waals surface area contributed by atoms with Gasteiger partial charge in [0.1, 0.15) is 6.10 Å². The molecule has 0 saturated carbocycles. The van der Waals surface area contributed by atoms with Crippen molar-refractivity contribution >= 4 is 18.0 Å². The molecule has 2 amide bonds. The van der Waals surface area contributed by atoms with Gasteiger partial charge in [-0.05, 0) is 24.8 Å². The van der Waals surface area contributed by atoms with E-state index in [9.17, 15) is 19.5 Å². The highest BCUT2D eigenvalue weighted by Gasteiger charge is 2.45. The number of carbonyl (C=O) groups excluding carboxylic acids is 2. The van der Waals surface area contributed by atoms with Crippen molar-refractivity contribution in [3.63, 3.8) is 0 Å². The summed E-state index contributed by atoms with van der Waals surface area (Å²) in [4.78, 5) is 37.7. The summed E-state index contributed by atoms with van der Waals surface area (Å²) in [5.74, 6) is -2.00. The molecule has 0 spiro atoms. The van der Waals surface area contributed by atoms with Crippen LogP contribution in [0.5, 0.6) is 0 Å². The minimum Gasteiger partial charge on any atom is -0.481 e. The maximum atomic E-state index is 13.0. The Bertz CT molecular complexity index is 645. The van der Waals surface area contributed by atoms with Gasteiger partial charge in [-0.15, -0.1) is 0 Å². The summed E-state index contributed by atoms with van der Waals surface area (Å²) < 4.78 is 5.42. The molecule has 0 unspecified atom stereocenters. The van der Waals surface area contributed by atoms with E-state index in [0.717, 1.165) is 23.3 Å². The Morgan fingerprint density at radius 3 is 2.50 bits per heavy atom. The highest BCUT2D eigenvalue weighted by Crippen LogP contribution is 2.34. The van der Waals surface area contributed by atoms with Gasteiger partial charge in [-0.3, -0.25) is 9.59 Å². The standard InChI is InChI=1S/C20H27NO5/c1-4-8-13(2)11-16(12-17(22)23)19(24)21-14(3)18(26-20(21)25)15-9-6-5-7-10-15/h5-7,9-10,13-14,16,18H,4,8,11-12H2,1-3H3,(H,22,23)/t13-,14-,16+,18-/m1/s1. The number of carbonyl (C=O) groups is 3. The summed E-state index contributed by atoms with van der Waals surface area (Å²) in [5.41, 5.74) is 0.817. The third-order valence-corrected chi connectivity index (χ3v) is 4.87. The molecule has 0 aliphatic carbocycles. The van der Waals surface area contributed by atoms with Crippen LogP contribution in [-0.2, 0) is 14.3 Å². The molecule has 0 bridgehead atoms. The number of aliphatic carboxylic acids is 1. The summed E-state index contributed by atoms with van der Waals surface area (Å²) in [6, 6.07) is 8.78. The van der Waals surface area contributed by atoms with E-state index in [1.165, 1.54) is 0 Å². The molecule has 0 aromatic heterocycles. The number of amides is 2. The van der Waals surface area contributed by atoms with Crippen molar-refractivity contribution in [2.24, 2.45) is 11.8 Å². The number of carboxylic acid groups (broad SMARTS) is 1. The summed E-state index contributed by atoms with van der Waals surface area (Å²) in [6.07, 6.45) is 0.815. The first-order chi connectivity index (χ1) is 12.3. The van der Waals surface area contributed by atoms with Crippen LogP contribution in [0, 0.1) is 11.8 Å². The van der Waals surface area contributed by atoms with Gasteiger partial charge < -0.3 is 9.84 Å². The van der Waals surface area contributed by atoms with Crippen molar-refractivity contribution in [2.45, 2.75) is 58.6 Å². The van der Waals surface area contributed by atoms with Gasteiger partial charge in [0.2, 0.25) is 5.91 Å². The zero-order valence-corrected chi connectivity index (χ0v) is 15.6. The van der Waals surface area contributed by atoms with Crippen LogP contribution < -0.4 is 0 Å². The van der Waals surface area contributed by atoms with Gasteiger partial charge in [-0.2, -0.15) is 0 Å². The Balaban J connectivity index is 2.18. The fraction of sp³-hybridized carbons (Fsp3) is 0.550. The van der Waals surface area contributed by atoms with Gasteiger partial charge in [0.05, 0.1) is 12.5 Å². The van der Waals surface area contributed by atoms with E-state index in [2.05, 4.69) is 6.92 Å². The maximum Gasteiger partial charge on any atom is 0.417 e. The molecule has 1 heterocycles. The molecule has 1 aliphatic rings. The van der Waals surface area contributed by atoms with Crippen molar-refractivity contribution in [2.75, 3.05) is 0 Å². The number of imide groups is 1. The normalized spacial score (nSPS) is 22.0. The maximum absolute atomic E-state index is 13.0. The number of hydrogen-bond acceptors (Lipinski definition) is 4. The zero-order valence-electron chi connectivity index (χ0n) is 15.6. The molecule has 1 N–H and O–H groups in total. The lowest BCUT2D eigenvalue weighted by atomic mass is 9.89. The zero-order chi connectivity index (χ0) is 19.3. The summed E-state index contributed by atoms with van der Waals surface area (Å²) in [7, 11) is 0. The molecule has 6 nitrogen and oxygen atoms in total. The molecule has 1 saturated heterocycles. The molecule has 26 heavy (non-hydrogen) atoms. The van der Waals surface area contributed by atoms with Gasteiger partial charge in [-0.25, -0.2) is 9.69 Å². The largest absolute Gasteiger partial charge is 0.481 e. The average molecular weight is 361 g/mol. The first kappa shape index (κ1) is 19.9. The SMILES string of the molecule is CCC[C@@H](C)C[C@@H](CC(=O)O)C(=O)N1C(=O)O[C@@H](c2ccccc2)[C@H]1C. The molecule has 0 radical (unpaired) electrons. The monoisotopic (exact) mass is 361 g/mol. The van der Waals surface area contributed by atoms with Crippen LogP contribution in [0.1, 0.15) is 58.1 Å². The Labute approximate surface area is 154 Å². The molecule has 2 rings (SSSR count). The average Bonchev–Trinajstić information content (AvgIpc) is 2.89. The van der Waals surface area contributed by atoms with Gasteiger partial charge in [0.25, 0.3) is 0 Å². The number of benzene rings is 1. The Hall–Kier alpha value is -2.37. The molecule has 1 fully saturated rings. The third-order valence-electron chi connectivity index (χ3n) is 4.87. The first-order valence-electron chi connectivity index (χ1n) is 9.15. The minimum atomic E-state index is -1.04. The summed E-state index contributed by atoms with van der Waals surface area (Å²) >= 11 is 0. The van der Waals surface area contributed by atoms with Crippen LogP contribution >= 0.6 is 0 Å². The number of ether oxygens (including phenoxy) is 1. The fourth-order valence-electron chi connectivity index (χ4n) is 3.62. The molecular formula is C20H27NO5. The molecule has 6 heteroatoms. The lowest BCUT2D eigenvalue weighted by Gasteiger charge is -2.25. The van der Waals surface area contributed by atoms with Crippen LogP contribution in [0.2, 0.25) is 0 Å². The summed E-state index contributed by atoms with van der Waals surface area (Å²) in [5, 5.41) is 9.19. The van der Waals surface area contributed by atoms with Crippen molar-refractivity contribution in [3.05, 3.63) is 35.9 Å². The highest BCUT2D eigenvalue weighted by molar-refractivity contribution is 5.96. The second-order valence-corrected chi connectivity index (χ2v) is 7.09. The number of hydrogen-bond donors (Lipinski definition) is 1. The lowest BCUT2D eigenvalue weighted by molar-refractivity contribution is -0.144. The van der Waals surface area contributed by atoms with E-state index in [-0.39, 0.29) is 12.3 Å². The quantitative estimate of drug-likeness (QED) is 0.756. The fourth-order valence-corrected chi connectivity index (χ4v) is 3.62. The van der Waals surface area contributed by atoms with E-state index < -0.39 is 36.0 Å². The van der Waals surface area contributed by atoms with E-state index in [4.69, 9.17) is 4.74 Å². The highest BCUT2D eigenvalue weighted by atomic mass is 16.6. The smallest absolute Gasteiger partial charge is 0.417 e. The van der Waals surface area contributed by atoms with Gasteiger partial charge in [-0.1, -0.05) is 57.0 Å². The predicted molar refractivity (Wildman–Crippen MR) is 96.4 cm³/mol. The van der Waals surface area contributed by atoms with Crippen molar-refractivity contribution in [1.82, 2.24) is 4.90 Å². The van der Waals surface area contributed by atoms with Crippen LogP contribution in [-0.4, -0.2) is 34.0 Å². The van der Waals surface area contributed by atoms with E-state index in [0.29, 0.717) is 6.42 Å². The Morgan fingerprint density at radius 1 is 1.27 bits per heavy atom. The molecule has 1 aromatic rings. The predicted octanol–water partition coefficient (Wildman–Crippen LogP) is 4.01. The van der Waals surface area contributed by atoms with Gasteiger partial charge >= 0.3 is 12.1 Å². The van der Waals surface area contributed by atoms with E-state index in [1.54, 1.807) is 6.92 Å². The molecular weight excluding hydrogens is 334 g/mol. The van der Waals surface area contributed by atoms with Gasteiger partial charge in [0.15, 0.2) is 0 Å². The van der Waals surface area contributed by atoms with Crippen molar-refractivity contribution < 1.29 is 24.2 Å². The van der Waals surface area contributed by atoms with Crippen LogP contribution in [0.3, 0.4) is 0 Å². The van der Waals surface area contributed by atoms with E-state index in [1.807, 2.05) is 37.3 Å². The van der Waals surface area contributed by atoms with Gasteiger partial charge in [0, 0.05) is 5.92 Å². The lowest BCUT2D eigenvalue weighted by Crippen LogP contribution is -2.42. The van der Waals surface area contributed by atoms with E-state index >= 15 is 0 Å². The molecule has 4 atom stereocenters. The van der Waals surface area contributed by atoms with Crippen LogP contribution in [0.4, 0.5) is 4.79 Å². The second kappa shape index (κ2) is 8.83. The Kier molecular flexibility index (Phi) is 6.77. The minimum absolute atomic E-state index is 0.215. The first-order valence-corrected chi connectivity index (χ1v) is 9.15. The number of carboxylic acids is 1. The van der Waals surface area contributed by atoms with Crippen molar-refractivity contribution in [3.8, 4) is 0 Å². The number of cyclic esters (lactones) is 1. The topological polar surface area (TPSA) is 83.9 Å². The Morgan fingerprint density at radius 2 is 1.92 bits per heavy atom. The summed E-state index contributed by atoms with van der Waals surface area (Å²) in [6.45, 7) is 5.81. The third kappa shape index (κ3) is 4.62. The molecule has 1 aliphatic heterocycles. The molecule has 1 aromatic carbocycles. The number of nitrogens with zero attached hydrogens (tertiary/aromatic N) is 1. The molecule has 142 valence electrons. The van der Waals surface area contributed by atoms with Crippen LogP contribution in [0.25, 0.3) is 0 Å².